The molecule has 0 aliphatic heterocycles. The molecule has 0 spiro atoms. The Morgan fingerprint density at radius 3 is 2.36 bits per heavy atom. The molecule has 33 heavy (non-hydrogen) atoms. The number of benzene rings is 3. The Morgan fingerprint density at radius 1 is 0.848 bits per heavy atom. The number of nitrogens with one attached hydrogen (secondary N) is 1. The quantitative estimate of drug-likeness (QED) is 0.419. The lowest BCUT2D eigenvalue weighted by Crippen LogP contribution is -2.14. The summed E-state index contributed by atoms with van der Waals surface area (Å²) in [5, 5.41) is 2.95. The van der Waals surface area contributed by atoms with Gasteiger partial charge in [-0.2, -0.15) is 0 Å². The summed E-state index contributed by atoms with van der Waals surface area (Å²) in [4.78, 5) is 17.9. The molecule has 3 aromatic carbocycles. The second-order valence-electron chi connectivity index (χ2n) is 7.98. The average molecular weight is 457 g/mol. The molecule has 1 aromatic heterocycles. The Kier molecular flexibility index (Phi) is 6.11. The van der Waals surface area contributed by atoms with Crippen LogP contribution in [0.5, 0.6) is 0 Å². The fourth-order valence-electron chi connectivity index (χ4n) is 3.71. The Bertz CT molecular complexity index is 1450. The van der Waals surface area contributed by atoms with E-state index in [0.29, 0.717) is 16.8 Å². The maximum absolute atomic E-state index is 13.3. The Morgan fingerprint density at radius 2 is 1.64 bits per heavy atom. The van der Waals surface area contributed by atoms with E-state index in [-0.39, 0.29) is 10.8 Å². The van der Waals surface area contributed by atoms with Crippen LogP contribution in [0.15, 0.2) is 90.0 Å². The zero-order chi connectivity index (χ0) is 23.6. The number of carbonyl (C=O) groups excluding carboxylic acids is 1. The van der Waals surface area contributed by atoms with Crippen molar-refractivity contribution in [3.05, 3.63) is 102 Å². The molecule has 1 heterocycles. The van der Waals surface area contributed by atoms with Gasteiger partial charge in [-0.15, -0.1) is 0 Å². The fourth-order valence-corrected chi connectivity index (χ4v) is 4.35. The number of hydrogen-bond acceptors (Lipinski definition) is 4. The summed E-state index contributed by atoms with van der Waals surface area (Å²) in [6, 6.07) is 23.6. The van der Waals surface area contributed by atoms with Crippen LogP contribution in [0.2, 0.25) is 0 Å². The maximum Gasteiger partial charge on any atom is 0.256 e. The SMILES string of the molecule is Cc1cccc(-c2cc(S(C)(=O)=O)ccc2C(=O)Nc2cccc(-c3ccccn3)c2)c1C. The number of anilines is 1. The lowest BCUT2D eigenvalue weighted by atomic mass is 9.93. The molecule has 0 fully saturated rings. The van der Waals surface area contributed by atoms with Gasteiger partial charge in [-0.25, -0.2) is 8.42 Å². The molecule has 4 aromatic rings. The molecule has 0 aliphatic rings. The van der Waals surface area contributed by atoms with Gasteiger partial charge in [0.05, 0.1) is 10.6 Å². The minimum atomic E-state index is -3.43. The number of pyridine rings is 1. The normalized spacial score (nSPS) is 11.2. The predicted octanol–water partition coefficient (Wildman–Crippen LogP) is 5.69. The van der Waals surface area contributed by atoms with Gasteiger partial charge in [-0.1, -0.05) is 36.4 Å². The topological polar surface area (TPSA) is 76.1 Å². The first kappa shape index (κ1) is 22.4. The summed E-state index contributed by atoms with van der Waals surface area (Å²) in [5.41, 5.74) is 6.19. The first-order valence-electron chi connectivity index (χ1n) is 10.5. The highest BCUT2D eigenvalue weighted by atomic mass is 32.2. The van der Waals surface area contributed by atoms with Crippen molar-refractivity contribution in [1.82, 2.24) is 4.98 Å². The predicted molar refractivity (Wildman–Crippen MR) is 132 cm³/mol. The summed E-state index contributed by atoms with van der Waals surface area (Å²) in [5.74, 6) is -0.316. The van der Waals surface area contributed by atoms with Crippen LogP contribution >= 0.6 is 0 Å². The number of aryl methyl sites for hydroxylation is 1. The van der Waals surface area contributed by atoms with Crippen molar-refractivity contribution in [3.63, 3.8) is 0 Å². The number of hydrogen-bond donors (Lipinski definition) is 1. The van der Waals surface area contributed by atoms with Crippen molar-refractivity contribution in [2.75, 3.05) is 11.6 Å². The molecule has 0 bridgehead atoms. The van der Waals surface area contributed by atoms with Gasteiger partial charge in [0.25, 0.3) is 5.91 Å². The second-order valence-corrected chi connectivity index (χ2v) is 9.99. The zero-order valence-corrected chi connectivity index (χ0v) is 19.5. The second kappa shape index (κ2) is 9.00. The van der Waals surface area contributed by atoms with E-state index in [1.807, 2.05) is 74.5 Å². The molecule has 0 unspecified atom stereocenters. The van der Waals surface area contributed by atoms with Gasteiger partial charge in [0.15, 0.2) is 9.84 Å². The van der Waals surface area contributed by atoms with E-state index in [2.05, 4.69) is 10.3 Å². The van der Waals surface area contributed by atoms with Crippen molar-refractivity contribution in [2.45, 2.75) is 18.7 Å². The third-order valence-electron chi connectivity index (χ3n) is 5.64. The zero-order valence-electron chi connectivity index (χ0n) is 18.7. The molecule has 0 aliphatic carbocycles. The highest BCUT2D eigenvalue weighted by molar-refractivity contribution is 7.90. The number of nitrogens with zero attached hydrogens (tertiary/aromatic N) is 1. The van der Waals surface area contributed by atoms with E-state index in [1.165, 1.54) is 6.07 Å². The highest BCUT2D eigenvalue weighted by Crippen LogP contribution is 2.31. The minimum Gasteiger partial charge on any atom is -0.322 e. The van der Waals surface area contributed by atoms with E-state index in [0.717, 1.165) is 34.2 Å². The molecule has 0 radical (unpaired) electrons. The first-order valence-corrected chi connectivity index (χ1v) is 12.4. The van der Waals surface area contributed by atoms with Crippen LogP contribution in [0.4, 0.5) is 5.69 Å². The van der Waals surface area contributed by atoms with Crippen molar-refractivity contribution in [3.8, 4) is 22.4 Å². The standard InChI is InChI=1S/C27H24N2O3S/c1-18-8-6-11-23(19(18)2)25-17-22(33(3,31)32)13-14-24(25)27(30)29-21-10-7-9-20(16-21)26-12-4-5-15-28-26/h4-17H,1-3H3,(H,29,30). The fraction of sp³-hybridized carbons (Fsp3) is 0.111. The van der Waals surface area contributed by atoms with Gasteiger partial charge >= 0.3 is 0 Å². The number of aromatic nitrogens is 1. The van der Waals surface area contributed by atoms with Crippen LogP contribution in [-0.2, 0) is 9.84 Å². The van der Waals surface area contributed by atoms with Crippen molar-refractivity contribution in [1.29, 1.82) is 0 Å². The molecule has 1 amide bonds. The number of sulfone groups is 1. The molecule has 5 nitrogen and oxygen atoms in total. The van der Waals surface area contributed by atoms with Gasteiger partial charge in [0.1, 0.15) is 0 Å². The van der Waals surface area contributed by atoms with E-state index in [4.69, 9.17) is 0 Å². The molecule has 0 saturated heterocycles. The summed E-state index contributed by atoms with van der Waals surface area (Å²) in [6.45, 7) is 3.96. The maximum atomic E-state index is 13.3. The van der Waals surface area contributed by atoms with E-state index in [9.17, 15) is 13.2 Å². The molecule has 6 heteroatoms. The minimum absolute atomic E-state index is 0.173. The molecular weight excluding hydrogens is 432 g/mol. The largest absolute Gasteiger partial charge is 0.322 e. The molecule has 0 saturated carbocycles. The van der Waals surface area contributed by atoms with E-state index < -0.39 is 9.84 Å². The van der Waals surface area contributed by atoms with Gasteiger partial charge in [-0.05, 0) is 78.6 Å². The molecule has 0 atom stereocenters. The van der Waals surface area contributed by atoms with Crippen LogP contribution in [0.1, 0.15) is 21.5 Å². The Labute approximate surface area is 194 Å². The molecule has 166 valence electrons. The first-order chi connectivity index (χ1) is 15.7. The van der Waals surface area contributed by atoms with Gasteiger partial charge in [0.2, 0.25) is 0 Å². The lowest BCUT2D eigenvalue weighted by Gasteiger charge is -2.15. The van der Waals surface area contributed by atoms with Crippen LogP contribution in [0, 0.1) is 13.8 Å². The van der Waals surface area contributed by atoms with Crippen LogP contribution < -0.4 is 5.32 Å². The Hall–Kier alpha value is -3.77. The summed E-state index contributed by atoms with van der Waals surface area (Å²) < 4.78 is 24.4. The highest BCUT2D eigenvalue weighted by Gasteiger charge is 2.19. The monoisotopic (exact) mass is 456 g/mol. The summed E-state index contributed by atoms with van der Waals surface area (Å²) >= 11 is 0. The average Bonchev–Trinajstić information content (AvgIpc) is 2.80. The van der Waals surface area contributed by atoms with Crippen molar-refractivity contribution in [2.24, 2.45) is 0 Å². The lowest BCUT2D eigenvalue weighted by molar-refractivity contribution is 0.102. The third-order valence-corrected chi connectivity index (χ3v) is 6.75. The molecule has 1 N–H and O–H groups in total. The number of carbonyl (C=O) groups is 1. The van der Waals surface area contributed by atoms with E-state index >= 15 is 0 Å². The molecule has 4 rings (SSSR count). The van der Waals surface area contributed by atoms with Crippen LogP contribution in [0.3, 0.4) is 0 Å². The van der Waals surface area contributed by atoms with Gasteiger partial charge in [0, 0.05) is 29.3 Å². The summed E-state index contributed by atoms with van der Waals surface area (Å²) in [6.07, 6.45) is 2.89. The van der Waals surface area contributed by atoms with Crippen LogP contribution in [0.25, 0.3) is 22.4 Å². The number of amides is 1. The van der Waals surface area contributed by atoms with Crippen LogP contribution in [-0.4, -0.2) is 25.6 Å². The van der Waals surface area contributed by atoms with Crippen molar-refractivity contribution >= 4 is 21.4 Å². The van der Waals surface area contributed by atoms with Gasteiger partial charge < -0.3 is 5.32 Å². The van der Waals surface area contributed by atoms with Gasteiger partial charge in [-0.3, -0.25) is 9.78 Å². The number of rotatable bonds is 5. The third kappa shape index (κ3) is 4.86. The van der Waals surface area contributed by atoms with E-state index in [1.54, 1.807) is 18.3 Å². The Balaban J connectivity index is 1.76. The summed E-state index contributed by atoms with van der Waals surface area (Å²) in [7, 11) is -3.43. The van der Waals surface area contributed by atoms with Crippen molar-refractivity contribution < 1.29 is 13.2 Å². The smallest absolute Gasteiger partial charge is 0.256 e. The molecular formula is C27H24N2O3S.